The SMILES string of the molecule is CN(Cc1ccc(C(N)=O)cc1)C(=O)c1cncc(Cl)n1. The molecule has 0 bridgehead atoms. The van der Waals surface area contributed by atoms with E-state index >= 15 is 0 Å². The van der Waals surface area contributed by atoms with E-state index in [1.807, 2.05) is 0 Å². The van der Waals surface area contributed by atoms with Crippen LogP contribution in [0.3, 0.4) is 0 Å². The van der Waals surface area contributed by atoms with Gasteiger partial charge in [-0.05, 0) is 17.7 Å². The van der Waals surface area contributed by atoms with Crippen molar-refractivity contribution < 1.29 is 9.59 Å². The molecule has 0 spiro atoms. The van der Waals surface area contributed by atoms with Crippen LogP contribution in [0.1, 0.15) is 26.4 Å². The number of rotatable bonds is 4. The number of benzene rings is 1. The Morgan fingerprint density at radius 3 is 2.48 bits per heavy atom. The number of aromatic nitrogens is 2. The molecule has 0 aliphatic carbocycles. The Hall–Kier alpha value is -2.47. The predicted molar refractivity (Wildman–Crippen MR) is 77.8 cm³/mol. The zero-order chi connectivity index (χ0) is 15.4. The van der Waals surface area contributed by atoms with Crippen LogP contribution in [0.5, 0.6) is 0 Å². The van der Waals surface area contributed by atoms with Crippen LogP contribution in [0.2, 0.25) is 5.15 Å². The van der Waals surface area contributed by atoms with Gasteiger partial charge in [-0.3, -0.25) is 14.6 Å². The molecule has 0 unspecified atom stereocenters. The third kappa shape index (κ3) is 3.76. The molecule has 1 aromatic heterocycles. The van der Waals surface area contributed by atoms with Crippen molar-refractivity contribution in [1.29, 1.82) is 0 Å². The second-order valence-electron chi connectivity index (χ2n) is 4.45. The highest BCUT2D eigenvalue weighted by molar-refractivity contribution is 6.29. The molecule has 2 rings (SSSR count). The van der Waals surface area contributed by atoms with Crippen molar-refractivity contribution in [1.82, 2.24) is 14.9 Å². The number of nitrogens with zero attached hydrogens (tertiary/aromatic N) is 3. The summed E-state index contributed by atoms with van der Waals surface area (Å²) in [5.74, 6) is -0.774. The lowest BCUT2D eigenvalue weighted by Gasteiger charge is -2.16. The molecule has 2 amide bonds. The molecule has 1 heterocycles. The Balaban J connectivity index is 2.08. The van der Waals surface area contributed by atoms with Crippen LogP contribution >= 0.6 is 11.6 Å². The number of hydrogen-bond acceptors (Lipinski definition) is 4. The lowest BCUT2D eigenvalue weighted by molar-refractivity contribution is 0.0778. The fourth-order valence-corrected chi connectivity index (χ4v) is 1.91. The van der Waals surface area contributed by atoms with Gasteiger partial charge in [0.25, 0.3) is 5.91 Å². The molecule has 0 fully saturated rings. The lowest BCUT2D eigenvalue weighted by atomic mass is 10.1. The maximum atomic E-state index is 12.2. The zero-order valence-electron chi connectivity index (χ0n) is 11.3. The van der Waals surface area contributed by atoms with Crippen LogP contribution in [-0.2, 0) is 6.54 Å². The minimum absolute atomic E-state index is 0.167. The topological polar surface area (TPSA) is 89.2 Å². The molecule has 0 saturated heterocycles. The first kappa shape index (κ1) is 14.9. The summed E-state index contributed by atoms with van der Waals surface area (Å²) < 4.78 is 0. The van der Waals surface area contributed by atoms with Gasteiger partial charge in [-0.15, -0.1) is 0 Å². The van der Waals surface area contributed by atoms with Gasteiger partial charge < -0.3 is 10.6 Å². The van der Waals surface area contributed by atoms with Gasteiger partial charge >= 0.3 is 0 Å². The summed E-state index contributed by atoms with van der Waals surface area (Å²) in [6.45, 7) is 0.367. The van der Waals surface area contributed by atoms with Gasteiger partial charge in [0.15, 0.2) is 0 Å². The number of nitrogens with two attached hydrogens (primary N) is 1. The third-order valence-electron chi connectivity index (χ3n) is 2.83. The van der Waals surface area contributed by atoms with Gasteiger partial charge in [0.05, 0.1) is 12.4 Å². The second kappa shape index (κ2) is 6.32. The summed E-state index contributed by atoms with van der Waals surface area (Å²) in [6.07, 6.45) is 2.72. The van der Waals surface area contributed by atoms with Gasteiger partial charge in [-0.25, -0.2) is 4.98 Å². The quantitative estimate of drug-likeness (QED) is 0.927. The average Bonchev–Trinajstić information content (AvgIpc) is 2.47. The van der Waals surface area contributed by atoms with Crippen LogP contribution in [0, 0.1) is 0 Å². The van der Waals surface area contributed by atoms with Gasteiger partial charge in [0.1, 0.15) is 10.8 Å². The number of halogens is 1. The summed E-state index contributed by atoms with van der Waals surface area (Å²) in [6, 6.07) is 6.73. The van der Waals surface area contributed by atoms with Crippen LogP contribution in [-0.4, -0.2) is 33.7 Å². The fraction of sp³-hybridized carbons (Fsp3) is 0.143. The first-order valence-electron chi connectivity index (χ1n) is 6.09. The number of amides is 2. The van der Waals surface area contributed by atoms with Crippen molar-refractivity contribution in [2.45, 2.75) is 6.54 Å². The highest BCUT2D eigenvalue weighted by atomic mass is 35.5. The number of carbonyl (C=O) groups excluding carboxylic acids is 2. The van der Waals surface area contributed by atoms with Gasteiger partial charge in [0, 0.05) is 19.2 Å². The molecule has 7 heteroatoms. The molecular formula is C14H13ClN4O2. The minimum Gasteiger partial charge on any atom is -0.366 e. The average molecular weight is 305 g/mol. The molecule has 21 heavy (non-hydrogen) atoms. The van der Waals surface area contributed by atoms with Crippen molar-refractivity contribution in [3.63, 3.8) is 0 Å². The summed E-state index contributed by atoms with van der Waals surface area (Å²) >= 11 is 5.71. The van der Waals surface area contributed by atoms with E-state index in [2.05, 4.69) is 9.97 Å². The zero-order valence-corrected chi connectivity index (χ0v) is 12.0. The molecule has 108 valence electrons. The number of hydrogen-bond donors (Lipinski definition) is 1. The Labute approximate surface area is 126 Å². The number of carbonyl (C=O) groups is 2. The minimum atomic E-state index is -0.486. The molecule has 0 atom stereocenters. The molecular weight excluding hydrogens is 292 g/mol. The normalized spacial score (nSPS) is 10.2. The Morgan fingerprint density at radius 1 is 1.24 bits per heavy atom. The van der Waals surface area contributed by atoms with Crippen LogP contribution in [0.4, 0.5) is 0 Å². The molecule has 2 aromatic rings. The second-order valence-corrected chi connectivity index (χ2v) is 4.84. The van der Waals surface area contributed by atoms with Crippen molar-refractivity contribution in [3.05, 3.63) is 58.6 Å². The molecule has 0 radical (unpaired) electrons. The van der Waals surface area contributed by atoms with E-state index in [-0.39, 0.29) is 16.8 Å². The maximum absolute atomic E-state index is 12.2. The highest BCUT2D eigenvalue weighted by Gasteiger charge is 2.14. The van der Waals surface area contributed by atoms with E-state index in [0.717, 1.165) is 5.56 Å². The molecule has 0 aliphatic heterocycles. The molecule has 2 N–H and O–H groups in total. The Morgan fingerprint density at radius 2 is 1.90 bits per heavy atom. The van der Waals surface area contributed by atoms with E-state index in [0.29, 0.717) is 12.1 Å². The van der Waals surface area contributed by atoms with Crippen molar-refractivity contribution in [2.75, 3.05) is 7.05 Å². The summed E-state index contributed by atoms with van der Waals surface area (Å²) in [4.78, 5) is 32.4. The predicted octanol–water partition coefficient (Wildman–Crippen LogP) is 1.50. The van der Waals surface area contributed by atoms with Gasteiger partial charge in [-0.2, -0.15) is 0 Å². The summed E-state index contributed by atoms with van der Waals surface area (Å²) in [5.41, 5.74) is 6.64. The Kier molecular flexibility index (Phi) is 4.49. The van der Waals surface area contributed by atoms with Gasteiger partial charge in [-0.1, -0.05) is 23.7 Å². The van der Waals surface area contributed by atoms with E-state index in [4.69, 9.17) is 17.3 Å². The smallest absolute Gasteiger partial charge is 0.274 e. The van der Waals surface area contributed by atoms with Crippen molar-refractivity contribution in [2.24, 2.45) is 5.73 Å². The monoisotopic (exact) mass is 304 g/mol. The van der Waals surface area contributed by atoms with E-state index < -0.39 is 5.91 Å². The first-order chi connectivity index (χ1) is 9.97. The lowest BCUT2D eigenvalue weighted by Crippen LogP contribution is -2.27. The third-order valence-corrected chi connectivity index (χ3v) is 3.01. The van der Waals surface area contributed by atoms with E-state index in [9.17, 15) is 9.59 Å². The first-order valence-corrected chi connectivity index (χ1v) is 6.47. The maximum Gasteiger partial charge on any atom is 0.274 e. The van der Waals surface area contributed by atoms with Gasteiger partial charge in [0.2, 0.25) is 5.91 Å². The van der Waals surface area contributed by atoms with Crippen LogP contribution in [0.15, 0.2) is 36.7 Å². The van der Waals surface area contributed by atoms with E-state index in [1.54, 1.807) is 31.3 Å². The van der Waals surface area contributed by atoms with E-state index in [1.165, 1.54) is 17.3 Å². The molecule has 1 aromatic carbocycles. The summed E-state index contributed by atoms with van der Waals surface area (Å²) in [7, 11) is 1.65. The number of primary amides is 1. The van der Waals surface area contributed by atoms with Crippen molar-refractivity contribution in [3.8, 4) is 0 Å². The molecule has 0 saturated carbocycles. The van der Waals surface area contributed by atoms with Crippen LogP contribution in [0.25, 0.3) is 0 Å². The standard InChI is InChI=1S/C14H13ClN4O2/c1-19(14(21)11-6-17-7-12(15)18-11)8-9-2-4-10(5-3-9)13(16)20/h2-7H,8H2,1H3,(H2,16,20). The fourth-order valence-electron chi connectivity index (χ4n) is 1.76. The molecule has 6 nitrogen and oxygen atoms in total. The Bertz CT molecular complexity index is 673. The van der Waals surface area contributed by atoms with Crippen LogP contribution < -0.4 is 5.73 Å². The molecule has 0 aliphatic rings. The summed E-state index contributed by atoms with van der Waals surface area (Å²) in [5, 5.41) is 0.167. The largest absolute Gasteiger partial charge is 0.366 e. The highest BCUT2D eigenvalue weighted by Crippen LogP contribution is 2.10. The van der Waals surface area contributed by atoms with Crippen molar-refractivity contribution >= 4 is 23.4 Å².